The molecule has 6 N–H and O–H groups in total. The maximum atomic E-state index is 15.8. The van der Waals surface area contributed by atoms with E-state index in [1.54, 1.807) is 24.3 Å². The van der Waals surface area contributed by atoms with Crippen LogP contribution in [0.25, 0.3) is 10.9 Å². The molecule has 9 nitrogen and oxygen atoms in total. The van der Waals surface area contributed by atoms with E-state index < -0.39 is 37.0 Å². The van der Waals surface area contributed by atoms with Gasteiger partial charge in [-0.3, -0.25) is 9.78 Å². The number of guanidine groups is 1. The summed E-state index contributed by atoms with van der Waals surface area (Å²) in [6.07, 6.45) is 1.01. The number of pyridine rings is 1. The zero-order valence-corrected chi connectivity index (χ0v) is 19.1. The fourth-order valence-electron chi connectivity index (χ4n) is 3.53. The summed E-state index contributed by atoms with van der Waals surface area (Å²) in [4.78, 5) is 21.2. The Morgan fingerprint density at radius 1 is 1.22 bits per heavy atom. The van der Waals surface area contributed by atoms with Crippen LogP contribution in [0.1, 0.15) is 16.7 Å². The Balaban J connectivity index is 1.76. The molecular formula is C24H24F3N7O2. The van der Waals surface area contributed by atoms with Crippen LogP contribution in [0.3, 0.4) is 0 Å². The van der Waals surface area contributed by atoms with Crippen LogP contribution in [0.5, 0.6) is 0 Å². The minimum atomic E-state index is -2.51. The number of nitrogens with one attached hydrogen (secondary N) is 2. The van der Waals surface area contributed by atoms with Gasteiger partial charge in [-0.2, -0.15) is 5.26 Å². The van der Waals surface area contributed by atoms with E-state index in [1.165, 1.54) is 24.4 Å². The molecule has 1 amide bonds. The van der Waals surface area contributed by atoms with Crippen molar-refractivity contribution in [3.63, 3.8) is 0 Å². The molecule has 0 saturated heterocycles. The van der Waals surface area contributed by atoms with Gasteiger partial charge in [0.05, 0.1) is 42.3 Å². The Bertz CT molecular complexity index is 1300. The predicted octanol–water partition coefficient (Wildman–Crippen LogP) is 2.36. The molecule has 1 heterocycles. The van der Waals surface area contributed by atoms with Gasteiger partial charge in [0.15, 0.2) is 11.5 Å². The first-order chi connectivity index (χ1) is 17.3. The lowest BCUT2D eigenvalue weighted by Gasteiger charge is -2.25. The third kappa shape index (κ3) is 6.12. The van der Waals surface area contributed by atoms with E-state index in [2.05, 4.69) is 20.8 Å². The lowest BCUT2D eigenvalue weighted by Crippen LogP contribution is -2.33. The number of carbonyl (C=O) groups excluding carboxylic acids is 1. The molecule has 0 bridgehead atoms. The topological polar surface area (TPSA) is 151 Å². The molecule has 0 fully saturated rings. The first kappa shape index (κ1) is 26.1. The highest BCUT2D eigenvalue weighted by atomic mass is 19.2. The Labute approximate surface area is 204 Å². The summed E-state index contributed by atoms with van der Waals surface area (Å²) in [5.41, 5.74) is 7.57. The monoisotopic (exact) mass is 499 g/mol. The summed E-state index contributed by atoms with van der Waals surface area (Å²) >= 11 is 0. The summed E-state index contributed by atoms with van der Waals surface area (Å²) in [7, 11) is 0. The number of amides is 1. The van der Waals surface area contributed by atoms with E-state index in [9.17, 15) is 14.4 Å². The number of fused-ring (bicyclic) bond motifs is 1. The number of alkyl halides is 2. The van der Waals surface area contributed by atoms with Crippen molar-refractivity contribution in [2.45, 2.75) is 12.1 Å². The van der Waals surface area contributed by atoms with Crippen molar-refractivity contribution in [3.8, 4) is 6.07 Å². The maximum absolute atomic E-state index is 15.8. The molecule has 12 heteroatoms. The zero-order valence-electron chi connectivity index (χ0n) is 19.1. The molecule has 3 rings (SSSR count). The molecule has 188 valence electrons. The fourth-order valence-corrected chi connectivity index (χ4v) is 3.53. The van der Waals surface area contributed by atoms with Crippen LogP contribution >= 0.6 is 0 Å². The Kier molecular flexibility index (Phi) is 8.51. The van der Waals surface area contributed by atoms with Crippen molar-refractivity contribution in [1.82, 2.24) is 10.3 Å². The SMILES string of the molecule is N#Cc1ccc(NCC(F)(CF)c2cccc3cccnc23)c(F)c1CC(=O)NCCON=C(N)N. The van der Waals surface area contributed by atoms with Gasteiger partial charge in [0.2, 0.25) is 11.9 Å². The van der Waals surface area contributed by atoms with Gasteiger partial charge in [-0.05, 0) is 23.4 Å². The van der Waals surface area contributed by atoms with Crippen molar-refractivity contribution in [3.05, 3.63) is 71.2 Å². The molecule has 0 spiro atoms. The largest absolute Gasteiger partial charge is 0.391 e. The van der Waals surface area contributed by atoms with Gasteiger partial charge in [0.25, 0.3) is 0 Å². The number of hydrogen-bond donors (Lipinski definition) is 4. The molecule has 0 saturated carbocycles. The Morgan fingerprint density at radius 3 is 2.72 bits per heavy atom. The van der Waals surface area contributed by atoms with Crippen molar-refractivity contribution in [1.29, 1.82) is 5.26 Å². The van der Waals surface area contributed by atoms with Gasteiger partial charge >= 0.3 is 0 Å². The van der Waals surface area contributed by atoms with Crippen molar-refractivity contribution >= 4 is 28.5 Å². The summed E-state index contributed by atoms with van der Waals surface area (Å²) in [5.74, 6) is -1.80. The predicted molar refractivity (Wildman–Crippen MR) is 129 cm³/mol. The Hall–Kier alpha value is -4.53. The zero-order chi connectivity index (χ0) is 26.1. The average Bonchev–Trinajstić information content (AvgIpc) is 2.88. The van der Waals surface area contributed by atoms with Crippen LogP contribution in [0.15, 0.2) is 53.8 Å². The number of nitrogens with zero attached hydrogens (tertiary/aromatic N) is 3. The first-order valence-corrected chi connectivity index (χ1v) is 10.8. The van der Waals surface area contributed by atoms with E-state index >= 15 is 8.78 Å². The fraction of sp³-hybridized carbons (Fsp3) is 0.250. The van der Waals surface area contributed by atoms with Gasteiger partial charge in [0.1, 0.15) is 13.3 Å². The number of anilines is 1. The van der Waals surface area contributed by atoms with Gasteiger partial charge in [0, 0.05) is 22.7 Å². The second kappa shape index (κ2) is 11.7. The number of benzene rings is 2. The molecule has 0 aliphatic rings. The van der Waals surface area contributed by atoms with Gasteiger partial charge < -0.3 is 26.9 Å². The van der Waals surface area contributed by atoms with Gasteiger partial charge in [-0.15, -0.1) is 0 Å². The summed E-state index contributed by atoms with van der Waals surface area (Å²) < 4.78 is 45.0. The first-order valence-electron chi connectivity index (χ1n) is 10.8. The minimum Gasteiger partial charge on any atom is -0.391 e. The van der Waals surface area contributed by atoms with Crippen LogP contribution in [-0.2, 0) is 21.7 Å². The molecular weight excluding hydrogens is 475 g/mol. The second-order valence-corrected chi connectivity index (χ2v) is 7.77. The highest BCUT2D eigenvalue weighted by Crippen LogP contribution is 2.33. The number of oxime groups is 1. The number of nitrogens with two attached hydrogens (primary N) is 2. The van der Waals surface area contributed by atoms with E-state index in [-0.39, 0.29) is 41.5 Å². The number of carbonyl (C=O) groups is 1. The maximum Gasteiger partial charge on any atom is 0.228 e. The third-order valence-electron chi connectivity index (χ3n) is 5.27. The number of para-hydroxylation sites is 1. The summed E-state index contributed by atoms with van der Waals surface area (Å²) in [6, 6.07) is 12.5. The van der Waals surface area contributed by atoms with Crippen LogP contribution in [-0.4, -0.2) is 43.2 Å². The smallest absolute Gasteiger partial charge is 0.228 e. The van der Waals surface area contributed by atoms with Gasteiger partial charge in [-0.1, -0.05) is 24.3 Å². The van der Waals surface area contributed by atoms with Crippen molar-refractivity contribution in [2.75, 3.05) is 31.7 Å². The van der Waals surface area contributed by atoms with Crippen LogP contribution < -0.4 is 22.1 Å². The Morgan fingerprint density at radius 2 is 2.00 bits per heavy atom. The normalized spacial score (nSPS) is 12.3. The molecule has 1 atom stereocenters. The molecule has 1 unspecified atom stereocenters. The van der Waals surface area contributed by atoms with E-state index in [0.717, 1.165) is 0 Å². The van der Waals surface area contributed by atoms with Crippen molar-refractivity contribution in [2.24, 2.45) is 16.6 Å². The van der Waals surface area contributed by atoms with Crippen molar-refractivity contribution < 1.29 is 22.8 Å². The minimum absolute atomic E-state index is 0.0206. The molecule has 36 heavy (non-hydrogen) atoms. The lowest BCUT2D eigenvalue weighted by atomic mass is 9.94. The van der Waals surface area contributed by atoms with Crippen LogP contribution in [0.2, 0.25) is 0 Å². The molecule has 0 aliphatic heterocycles. The second-order valence-electron chi connectivity index (χ2n) is 7.77. The van der Waals surface area contributed by atoms with E-state index in [4.69, 9.17) is 16.3 Å². The average molecular weight is 499 g/mol. The quantitative estimate of drug-likeness (QED) is 0.137. The molecule has 1 aromatic heterocycles. The highest BCUT2D eigenvalue weighted by molar-refractivity contribution is 5.82. The van der Waals surface area contributed by atoms with Crippen LogP contribution in [0.4, 0.5) is 18.9 Å². The number of rotatable bonds is 11. The number of aromatic nitrogens is 1. The standard InChI is InChI=1S/C24H24F3N7O2/c25-13-24(27,18-5-1-3-15-4-2-8-32-22(15)18)14-33-19-7-6-16(12-28)17(21(19)26)11-20(35)31-9-10-36-34-23(29)30/h1-8,33H,9-11,13-14H2,(H,31,35)(H4,29,30,34). The molecule has 0 aliphatic carbocycles. The summed E-state index contributed by atoms with van der Waals surface area (Å²) in [5, 5.41) is 18.3. The number of halogens is 3. The molecule has 2 aromatic carbocycles. The van der Waals surface area contributed by atoms with Gasteiger partial charge in [-0.25, -0.2) is 13.2 Å². The van der Waals surface area contributed by atoms with E-state index in [0.29, 0.717) is 10.9 Å². The van der Waals surface area contributed by atoms with Crippen LogP contribution in [0, 0.1) is 17.1 Å². The number of hydrogen-bond acceptors (Lipinski definition) is 6. The molecule has 0 radical (unpaired) electrons. The highest BCUT2D eigenvalue weighted by Gasteiger charge is 2.35. The summed E-state index contributed by atoms with van der Waals surface area (Å²) in [6.45, 7) is -2.01. The third-order valence-corrected chi connectivity index (χ3v) is 5.27. The lowest BCUT2D eigenvalue weighted by molar-refractivity contribution is -0.120. The number of nitriles is 1. The molecule has 3 aromatic rings. The van der Waals surface area contributed by atoms with E-state index in [1.807, 2.05) is 6.07 Å².